The lowest BCUT2D eigenvalue weighted by Gasteiger charge is -2.35. The predicted octanol–water partition coefficient (Wildman–Crippen LogP) is 3.81. The Labute approximate surface area is 136 Å². The molecule has 0 spiro atoms. The molecule has 0 saturated carbocycles. The summed E-state index contributed by atoms with van der Waals surface area (Å²) in [6, 6.07) is 0.160. The molecule has 1 aliphatic heterocycles. The number of piperazine rings is 1. The Balaban J connectivity index is 0.00000264. The molecule has 0 aromatic heterocycles. The van der Waals surface area contributed by atoms with Gasteiger partial charge < -0.3 is 5.32 Å². The van der Waals surface area contributed by atoms with Gasteiger partial charge in [0.1, 0.15) is 5.82 Å². The molecule has 1 N–H and O–H groups in total. The number of rotatable bonds is 4. The van der Waals surface area contributed by atoms with E-state index in [0.29, 0.717) is 32.2 Å². The minimum Gasteiger partial charge on any atom is -0.314 e. The van der Waals surface area contributed by atoms with Crippen molar-refractivity contribution < 1.29 is 26.3 Å². The monoisotopic (exact) mass is 362 g/mol. The highest BCUT2D eigenvalue weighted by molar-refractivity contribution is 5.85. The van der Waals surface area contributed by atoms with Gasteiger partial charge in [-0.05, 0) is 12.5 Å². The minimum atomic E-state index is -4.41. The molecule has 1 fully saturated rings. The standard InChI is InChI=1S/C14H16F6N2.ClH/c15-9-7-10(13(17)11(16)8-9)12(1-2-14(18,19)20)22-5-3-21-4-6-22;/h7-8,12,21H,1-6H2;1H/t12-;/m0./s1. The van der Waals surface area contributed by atoms with Crippen LogP contribution >= 0.6 is 12.4 Å². The fraction of sp³-hybridized carbons (Fsp3) is 0.571. The Morgan fingerprint density at radius 2 is 1.70 bits per heavy atom. The van der Waals surface area contributed by atoms with Crippen LogP contribution in [-0.2, 0) is 0 Å². The van der Waals surface area contributed by atoms with Crippen LogP contribution in [0.1, 0.15) is 24.4 Å². The number of alkyl halides is 3. The lowest BCUT2D eigenvalue weighted by Crippen LogP contribution is -2.45. The minimum absolute atomic E-state index is 0. The highest BCUT2D eigenvalue weighted by Gasteiger charge is 2.33. The first kappa shape index (κ1) is 20.1. The topological polar surface area (TPSA) is 15.3 Å². The molecule has 1 saturated heterocycles. The van der Waals surface area contributed by atoms with E-state index in [1.807, 2.05) is 0 Å². The second-order valence-electron chi connectivity index (χ2n) is 5.25. The van der Waals surface area contributed by atoms with Crippen LogP contribution in [-0.4, -0.2) is 37.3 Å². The second kappa shape index (κ2) is 8.21. The molecule has 132 valence electrons. The van der Waals surface area contributed by atoms with Crippen molar-refractivity contribution in [2.45, 2.75) is 25.1 Å². The Morgan fingerprint density at radius 3 is 2.26 bits per heavy atom. The van der Waals surface area contributed by atoms with Gasteiger partial charge in [0.25, 0.3) is 0 Å². The molecule has 2 rings (SSSR count). The summed E-state index contributed by atoms with van der Waals surface area (Å²) in [7, 11) is 0. The number of halogens is 7. The molecular formula is C14H17ClF6N2. The summed E-state index contributed by atoms with van der Waals surface area (Å²) in [5.74, 6) is -3.67. The average molecular weight is 363 g/mol. The normalized spacial score (nSPS) is 17.7. The number of nitrogens with zero attached hydrogens (tertiary/aromatic N) is 1. The van der Waals surface area contributed by atoms with Crippen molar-refractivity contribution in [3.63, 3.8) is 0 Å². The van der Waals surface area contributed by atoms with Crippen molar-refractivity contribution in [3.8, 4) is 0 Å². The van der Waals surface area contributed by atoms with Crippen LogP contribution in [0.15, 0.2) is 12.1 Å². The molecular weight excluding hydrogens is 346 g/mol. The summed E-state index contributed by atoms with van der Waals surface area (Å²) in [6.07, 6.45) is -5.99. The van der Waals surface area contributed by atoms with Gasteiger partial charge in [0.05, 0.1) is 0 Å². The Morgan fingerprint density at radius 1 is 1.09 bits per heavy atom. The van der Waals surface area contributed by atoms with Gasteiger partial charge in [0, 0.05) is 50.3 Å². The van der Waals surface area contributed by atoms with Crippen molar-refractivity contribution in [2.75, 3.05) is 26.2 Å². The maximum atomic E-state index is 13.9. The Kier molecular flexibility index (Phi) is 7.16. The average Bonchev–Trinajstić information content (AvgIpc) is 2.44. The molecule has 1 aromatic carbocycles. The van der Waals surface area contributed by atoms with E-state index in [-0.39, 0.29) is 18.0 Å². The van der Waals surface area contributed by atoms with Crippen molar-refractivity contribution in [3.05, 3.63) is 35.1 Å². The van der Waals surface area contributed by atoms with Gasteiger partial charge in [-0.15, -0.1) is 12.4 Å². The maximum Gasteiger partial charge on any atom is 0.389 e. The van der Waals surface area contributed by atoms with E-state index in [0.717, 1.165) is 6.07 Å². The number of benzene rings is 1. The molecule has 9 heteroatoms. The van der Waals surface area contributed by atoms with Gasteiger partial charge in [-0.3, -0.25) is 4.90 Å². The second-order valence-corrected chi connectivity index (χ2v) is 5.25. The molecule has 0 amide bonds. The van der Waals surface area contributed by atoms with Crippen molar-refractivity contribution >= 4 is 12.4 Å². The van der Waals surface area contributed by atoms with Gasteiger partial charge in [-0.2, -0.15) is 13.2 Å². The lowest BCUT2D eigenvalue weighted by atomic mass is 9.98. The fourth-order valence-corrected chi connectivity index (χ4v) is 2.65. The van der Waals surface area contributed by atoms with Crippen molar-refractivity contribution in [1.82, 2.24) is 10.2 Å². The van der Waals surface area contributed by atoms with Crippen molar-refractivity contribution in [1.29, 1.82) is 0 Å². The summed E-state index contributed by atoms with van der Waals surface area (Å²) in [6.45, 7) is 1.84. The zero-order valence-electron chi connectivity index (χ0n) is 12.1. The molecule has 0 unspecified atom stereocenters. The van der Waals surface area contributed by atoms with Crippen LogP contribution < -0.4 is 5.32 Å². The van der Waals surface area contributed by atoms with Gasteiger partial charge in [-0.1, -0.05) is 0 Å². The zero-order valence-corrected chi connectivity index (χ0v) is 12.9. The van der Waals surface area contributed by atoms with Crippen LogP contribution in [0.3, 0.4) is 0 Å². The van der Waals surface area contributed by atoms with E-state index < -0.39 is 42.5 Å². The molecule has 1 heterocycles. The highest BCUT2D eigenvalue weighted by Crippen LogP contribution is 2.33. The largest absolute Gasteiger partial charge is 0.389 e. The molecule has 1 atom stereocenters. The summed E-state index contributed by atoms with van der Waals surface area (Å²) < 4.78 is 78.1. The van der Waals surface area contributed by atoms with E-state index in [4.69, 9.17) is 0 Å². The molecule has 0 aliphatic carbocycles. The summed E-state index contributed by atoms with van der Waals surface area (Å²) in [4.78, 5) is 1.62. The number of hydrogen-bond acceptors (Lipinski definition) is 2. The van der Waals surface area contributed by atoms with E-state index in [9.17, 15) is 26.3 Å². The molecule has 1 aromatic rings. The van der Waals surface area contributed by atoms with E-state index >= 15 is 0 Å². The number of hydrogen-bond donors (Lipinski definition) is 1. The quantitative estimate of drug-likeness (QED) is 0.647. The van der Waals surface area contributed by atoms with Crippen molar-refractivity contribution in [2.24, 2.45) is 0 Å². The Hall–Kier alpha value is -0.990. The third-order valence-electron chi connectivity index (χ3n) is 3.67. The van der Waals surface area contributed by atoms with Gasteiger partial charge in [-0.25, -0.2) is 13.2 Å². The van der Waals surface area contributed by atoms with E-state index in [1.165, 1.54) is 0 Å². The summed E-state index contributed by atoms with van der Waals surface area (Å²) in [5.41, 5.74) is -0.358. The smallest absolute Gasteiger partial charge is 0.314 e. The zero-order chi connectivity index (χ0) is 16.3. The summed E-state index contributed by atoms with van der Waals surface area (Å²) >= 11 is 0. The lowest BCUT2D eigenvalue weighted by molar-refractivity contribution is -0.138. The van der Waals surface area contributed by atoms with Crippen LogP contribution in [0.25, 0.3) is 0 Å². The first-order valence-corrected chi connectivity index (χ1v) is 6.94. The SMILES string of the molecule is Cl.Fc1cc(F)c(F)c([C@H](CCC(F)(F)F)N2CCNCC2)c1. The molecule has 23 heavy (non-hydrogen) atoms. The first-order valence-electron chi connectivity index (χ1n) is 6.94. The van der Waals surface area contributed by atoms with Crippen LogP contribution in [0.4, 0.5) is 26.3 Å². The van der Waals surface area contributed by atoms with E-state index in [1.54, 1.807) is 4.90 Å². The number of nitrogens with one attached hydrogen (secondary N) is 1. The van der Waals surface area contributed by atoms with Crippen LogP contribution in [0, 0.1) is 17.5 Å². The maximum absolute atomic E-state index is 13.9. The van der Waals surface area contributed by atoms with Crippen LogP contribution in [0.5, 0.6) is 0 Å². The predicted molar refractivity (Wildman–Crippen MR) is 76.0 cm³/mol. The molecule has 0 radical (unpaired) electrons. The van der Waals surface area contributed by atoms with Crippen LogP contribution in [0.2, 0.25) is 0 Å². The highest BCUT2D eigenvalue weighted by atomic mass is 35.5. The molecule has 1 aliphatic rings. The Bertz CT molecular complexity index is 517. The van der Waals surface area contributed by atoms with Gasteiger partial charge in [0.15, 0.2) is 11.6 Å². The molecule has 2 nitrogen and oxygen atoms in total. The fourth-order valence-electron chi connectivity index (χ4n) is 2.65. The van der Waals surface area contributed by atoms with E-state index in [2.05, 4.69) is 5.32 Å². The third kappa shape index (κ3) is 5.54. The van der Waals surface area contributed by atoms with Gasteiger partial charge in [0.2, 0.25) is 0 Å². The summed E-state index contributed by atoms with van der Waals surface area (Å²) in [5, 5.41) is 3.02. The third-order valence-corrected chi connectivity index (χ3v) is 3.67. The van der Waals surface area contributed by atoms with Gasteiger partial charge >= 0.3 is 6.18 Å². The molecule has 0 bridgehead atoms. The first-order chi connectivity index (χ1) is 10.3.